The summed E-state index contributed by atoms with van der Waals surface area (Å²) in [6, 6.07) is 10.1. The molecule has 116 valence electrons. The van der Waals surface area contributed by atoms with Gasteiger partial charge in [0.25, 0.3) is 0 Å². The molecule has 0 radical (unpaired) electrons. The third-order valence-electron chi connectivity index (χ3n) is 4.17. The summed E-state index contributed by atoms with van der Waals surface area (Å²) < 4.78 is 8.30. The summed E-state index contributed by atoms with van der Waals surface area (Å²) in [6.07, 6.45) is 2.63. The zero-order chi connectivity index (χ0) is 15.4. The molecule has 1 aliphatic rings. The van der Waals surface area contributed by atoms with Crippen LogP contribution in [-0.2, 0) is 4.79 Å². The van der Waals surface area contributed by atoms with Gasteiger partial charge in [0.05, 0.1) is 23.8 Å². The Morgan fingerprint density at radius 1 is 1.23 bits per heavy atom. The maximum atomic E-state index is 12.8. The molecule has 0 N–H and O–H groups in total. The van der Waals surface area contributed by atoms with Gasteiger partial charge in [0.15, 0.2) is 5.82 Å². The second-order valence-electron chi connectivity index (χ2n) is 5.45. The second-order valence-corrected chi connectivity index (χ2v) is 6.01. The maximum absolute atomic E-state index is 12.8. The number of rotatable bonds is 4. The Morgan fingerprint density at radius 2 is 1.95 bits per heavy atom. The van der Waals surface area contributed by atoms with Crippen molar-refractivity contribution in [3.63, 3.8) is 0 Å². The van der Waals surface area contributed by atoms with E-state index in [9.17, 15) is 4.79 Å². The summed E-state index contributed by atoms with van der Waals surface area (Å²) in [5.41, 5.74) is 1.11. The Hall–Kier alpha value is -1.95. The van der Waals surface area contributed by atoms with E-state index in [1.54, 1.807) is 6.20 Å². The quantitative estimate of drug-likeness (QED) is 0.869. The van der Waals surface area contributed by atoms with Crippen LogP contribution in [0.25, 0.3) is 0 Å². The van der Waals surface area contributed by atoms with Crippen LogP contribution in [0, 0.1) is 0 Å². The van der Waals surface area contributed by atoms with Gasteiger partial charge in [0.1, 0.15) is 0 Å². The zero-order valence-electron chi connectivity index (χ0n) is 12.7. The van der Waals surface area contributed by atoms with Gasteiger partial charge in [0, 0.05) is 26.2 Å². The molecular formula is C16H20N4OS. The molecule has 1 aromatic heterocycles. The first-order valence-corrected chi connectivity index (χ1v) is 8.39. The van der Waals surface area contributed by atoms with Crippen molar-refractivity contribution in [2.45, 2.75) is 19.3 Å². The van der Waals surface area contributed by atoms with E-state index in [1.807, 2.05) is 35.2 Å². The van der Waals surface area contributed by atoms with E-state index >= 15 is 0 Å². The fourth-order valence-electron chi connectivity index (χ4n) is 2.91. The molecule has 1 fully saturated rings. The number of aromatic nitrogens is 2. The smallest absolute Gasteiger partial charge is 0.230 e. The van der Waals surface area contributed by atoms with E-state index in [2.05, 4.69) is 20.6 Å². The van der Waals surface area contributed by atoms with Gasteiger partial charge in [-0.15, -0.1) is 0 Å². The number of carbonyl (C=O) groups is 1. The van der Waals surface area contributed by atoms with Gasteiger partial charge in [-0.05, 0) is 12.0 Å². The van der Waals surface area contributed by atoms with Crippen LogP contribution in [0.2, 0.25) is 0 Å². The number of hydrogen-bond acceptors (Lipinski definition) is 5. The lowest BCUT2D eigenvalue weighted by atomic mass is 9.95. The molecule has 6 heteroatoms. The number of benzene rings is 1. The predicted octanol–water partition coefficient (Wildman–Crippen LogP) is 2.38. The molecule has 1 unspecified atom stereocenters. The maximum Gasteiger partial charge on any atom is 0.230 e. The normalized spacial score (nSPS) is 16.6. The molecule has 1 aliphatic heterocycles. The van der Waals surface area contributed by atoms with Crippen LogP contribution in [0.3, 0.4) is 0 Å². The first-order valence-electron chi connectivity index (χ1n) is 7.66. The number of hydrogen-bond donors (Lipinski definition) is 0. The molecule has 5 nitrogen and oxygen atoms in total. The van der Waals surface area contributed by atoms with Crippen molar-refractivity contribution in [1.82, 2.24) is 13.6 Å². The lowest BCUT2D eigenvalue weighted by Gasteiger charge is -2.36. The Balaban J connectivity index is 1.64. The summed E-state index contributed by atoms with van der Waals surface area (Å²) >= 11 is 1.22. The molecule has 0 aliphatic carbocycles. The van der Waals surface area contributed by atoms with Crippen LogP contribution in [0.1, 0.15) is 24.8 Å². The highest BCUT2D eigenvalue weighted by Gasteiger charge is 2.27. The minimum Gasteiger partial charge on any atom is -0.351 e. The first-order chi connectivity index (χ1) is 10.8. The van der Waals surface area contributed by atoms with Crippen molar-refractivity contribution in [2.75, 3.05) is 31.1 Å². The van der Waals surface area contributed by atoms with Crippen molar-refractivity contribution in [2.24, 2.45) is 0 Å². The van der Waals surface area contributed by atoms with E-state index < -0.39 is 0 Å². The second kappa shape index (κ2) is 6.87. The van der Waals surface area contributed by atoms with Gasteiger partial charge < -0.3 is 9.80 Å². The lowest BCUT2D eigenvalue weighted by molar-refractivity contribution is -0.133. The Labute approximate surface area is 134 Å². The molecule has 1 amide bonds. The summed E-state index contributed by atoms with van der Waals surface area (Å²) in [4.78, 5) is 17.0. The highest BCUT2D eigenvalue weighted by atomic mass is 32.1. The van der Waals surface area contributed by atoms with E-state index in [0.717, 1.165) is 44.0 Å². The van der Waals surface area contributed by atoms with E-state index in [4.69, 9.17) is 0 Å². The highest BCUT2D eigenvalue weighted by molar-refractivity contribution is 6.99. The minimum atomic E-state index is -0.0336. The average molecular weight is 316 g/mol. The largest absolute Gasteiger partial charge is 0.351 e. The molecule has 1 saturated heterocycles. The standard InChI is InChI=1S/C16H20N4OS/c1-2-14(13-6-4-3-5-7-13)16(21)20-10-8-19(9-11-20)15-12-17-22-18-15/h3-7,12,14H,2,8-11H2,1H3. The molecule has 0 spiro atoms. The van der Waals surface area contributed by atoms with E-state index in [1.165, 1.54) is 11.7 Å². The monoisotopic (exact) mass is 316 g/mol. The summed E-state index contributed by atoms with van der Waals surface area (Å²) in [7, 11) is 0. The van der Waals surface area contributed by atoms with Crippen molar-refractivity contribution < 1.29 is 4.79 Å². The van der Waals surface area contributed by atoms with Crippen LogP contribution >= 0.6 is 11.7 Å². The van der Waals surface area contributed by atoms with Gasteiger partial charge in [-0.1, -0.05) is 37.3 Å². The topological polar surface area (TPSA) is 49.3 Å². The average Bonchev–Trinajstić information content (AvgIpc) is 3.11. The molecule has 1 aromatic carbocycles. The van der Waals surface area contributed by atoms with Crippen molar-refractivity contribution in [3.8, 4) is 0 Å². The minimum absolute atomic E-state index is 0.0336. The molecule has 0 bridgehead atoms. The predicted molar refractivity (Wildman–Crippen MR) is 88.2 cm³/mol. The molecule has 2 heterocycles. The lowest BCUT2D eigenvalue weighted by Crippen LogP contribution is -2.50. The van der Waals surface area contributed by atoms with Gasteiger partial charge in [-0.3, -0.25) is 4.79 Å². The molecule has 3 rings (SSSR count). The Bertz CT molecular complexity index is 594. The first kappa shape index (κ1) is 15.0. The van der Waals surface area contributed by atoms with Gasteiger partial charge in [0.2, 0.25) is 5.91 Å². The van der Waals surface area contributed by atoms with Crippen molar-refractivity contribution >= 4 is 23.5 Å². The SMILES string of the molecule is CCC(C(=O)N1CCN(c2cnsn2)CC1)c1ccccc1. The van der Waals surface area contributed by atoms with Gasteiger partial charge in [-0.2, -0.15) is 8.75 Å². The van der Waals surface area contributed by atoms with Crippen molar-refractivity contribution in [3.05, 3.63) is 42.1 Å². The van der Waals surface area contributed by atoms with Crippen LogP contribution in [0.4, 0.5) is 5.82 Å². The number of nitrogens with zero attached hydrogens (tertiary/aromatic N) is 4. The Morgan fingerprint density at radius 3 is 2.55 bits per heavy atom. The fourth-order valence-corrected chi connectivity index (χ4v) is 3.35. The number of amides is 1. The summed E-state index contributed by atoms with van der Waals surface area (Å²) in [5.74, 6) is 1.13. The molecule has 2 aromatic rings. The Kier molecular flexibility index (Phi) is 4.68. The molecule has 0 saturated carbocycles. The van der Waals surface area contributed by atoms with Crippen LogP contribution < -0.4 is 4.90 Å². The van der Waals surface area contributed by atoms with Gasteiger partial charge in [-0.25, -0.2) is 0 Å². The van der Waals surface area contributed by atoms with Crippen LogP contribution in [0.5, 0.6) is 0 Å². The van der Waals surface area contributed by atoms with E-state index in [0.29, 0.717) is 0 Å². The summed E-state index contributed by atoms with van der Waals surface area (Å²) in [5, 5.41) is 0. The summed E-state index contributed by atoms with van der Waals surface area (Å²) in [6.45, 7) is 5.22. The number of piperazine rings is 1. The van der Waals surface area contributed by atoms with Crippen LogP contribution in [0.15, 0.2) is 36.5 Å². The molecular weight excluding hydrogens is 296 g/mol. The van der Waals surface area contributed by atoms with E-state index in [-0.39, 0.29) is 11.8 Å². The molecule has 22 heavy (non-hydrogen) atoms. The third-order valence-corrected chi connectivity index (χ3v) is 4.64. The number of anilines is 1. The fraction of sp³-hybridized carbons (Fsp3) is 0.438. The third kappa shape index (κ3) is 3.11. The van der Waals surface area contributed by atoms with Gasteiger partial charge >= 0.3 is 0 Å². The van der Waals surface area contributed by atoms with Crippen LogP contribution in [-0.4, -0.2) is 45.7 Å². The molecule has 1 atom stereocenters. The van der Waals surface area contributed by atoms with Crippen molar-refractivity contribution in [1.29, 1.82) is 0 Å². The number of carbonyl (C=O) groups excluding carboxylic acids is 1. The highest BCUT2D eigenvalue weighted by Crippen LogP contribution is 2.23. The zero-order valence-corrected chi connectivity index (χ0v) is 13.5.